The summed E-state index contributed by atoms with van der Waals surface area (Å²) in [6.45, 7) is 2.14. The maximum Gasteiger partial charge on any atom is 0.124 e. The van der Waals surface area contributed by atoms with Crippen LogP contribution in [0.4, 0.5) is 0 Å². The van der Waals surface area contributed by atoms with Gasteiger partial charge in [0.2, 0.25) is 0 Å². The minimum atomic E-state index is -0.0300. The molecule has 0 radical (unpaired) electrons. The molecule has 11 heavy (non-hydrogen) atoms. The monoisotopic (exact) mass is 150 g/mol. The number of aldehydes is 1. The molecular formula is C10H14O. The minimum Gasteiger partial charge on any atom is -0.303 e. The van der Waals surface area contributed by atoms with E-state index in [2.05, 4.69) is 12.8 Å². The Labute approximate surface area is 68.2 Å². The van der Waals surface area contributed by atoms with Gasteiger partial charge in [0.05, 0.1) is 0 Å². The third-order valence-electron chi connectivity index (χ3n) is 2.56. The smallest absolute Gasteiger partial charge is 0.124 e. The molecule has 1 fully saturated rings. The third kappa shape index (κ3) is 1.45. The highest BCUT2D eigenvalue weighted by atomic mass is 16.1. The highest BCUT2D eigenvalue weighted by Gasteiger charge is 2.51. The molecule has 0 unspecified atom stereocenters. The van der Waals surface area contributed by atoms with Gasteiger partial charge < -0.3 is 4.79 Å². The highest BCUT2D eigenvalue weighted by Crippen LogP contribution is 2.54. The minimum absolute atomic E-state index is 0.0300. The summed E-state index contributed by atoms with van der Waals surface area (Å²) in [5.41, 5.74) is -0.0300. The van der Waals surface area contributed by atoms with Crippen LogP contribution in [0.3, 0.4) is 0 Å². The van der Waals surface area contributed by atoms with Crippen molar-refractivity contribution in [1.29, 1.82) is 0 Å². The molecule has 0 aromatic carbocycles. The van der Waals surface area contributed by atoms with Crippen molar-refractivity contribution in [2.24, 2.45) is 11.3 Å². The number of terminal acetylenes is 1. The highest BCUT2D eigenvalue weighted by molar-refractivity contribution is 5.62. The van der Waals surface area contributed by atoms with E-state index in [0.717, 1.165) is 32.0 Å². The molecule has 0 bridgehead atoms. The average molecular weight is 150 g/mol. The van der Waals surface area contributed by atoms with Crippen LogP contribution in [0, 0.1) is 23.7 Å². The molecule has 0 amide bonds. The van der Waals surface area contributed by atoms with Crippen LogP contribution in [0.2, 0.25) is 0 Å². The number of rotatable bonds is 4. The van der Waals surface area contributed by atoms with Crippen LogP contribution in [0.1, 0.15) is 32.6 Å². The second-order valence-corrected chi connectivity index (χ2v) is 3.35. The molecular weight excluding hydrogens is 136 g/mol. The average Bonchev–Trinajstić information content (AvgIpc) is 2.76. The summed E-state index contributed by atoms with van der Waals surface area (Å²) in [6, 6.07) is 0. The largest absolute Gasteiger partial charge is 0.303 e. The lowest BCUT2D eigenvalue weighted by Gasteiger charge is -2.05. The van der Waals surface area contributed by atoms with Gasteiger partial charge >= 0.3 is 0 Å². The summed E-state index contributed by atoms with van der Waals surface area (Å²) in [5, 5.41) is 0. The van der Waals surface area contributed by atoms with Gasteiger partial charge in [-0.3, -0.25) is 0 Å². The van der Waals surface area contributed by atoms with Crippen LogP contribution < -0.4 is 0 Å². The van der Waals surface area contributed by atoms with Crippen molar-refractivity contribution < 1.29 is 4.79 Å². The van der Waals surface area contributed by atoms with Gasteiger partial charge in [-0.05, 0) is 12.8 Å². The fourth-order valence-corrected chi connectivity index (χ4v) is 1.53. The van der Waals surface area contributed by atoms with Crippen LogP contribution in [0.5, 0.6) is 0 Å². The van der Waals surface area contributed by atoms with Gasteiger partial charge in [-0.25, -0.2) is 0 Å². The summed E-state index contributed by atoms with van der Waals surface area (Å²) in [4.78, 5) is 10.4. The Hall–Kier alpha value is -0.770. The van der Waals surface area contributed by atoms with Gasteiger partial charge in [0.15, 0.2) is 0 Å². The molecule has 0 spiro atoms. The first-order chi connectivity index (χ1) is 5.29. The Balaban J connectivity index is 2.41. The lowest BCUT2D eigenvalue weighted by molar-refractivity contribution is -0.109. The van der Waals surface area contributed by atoms with Crippen molar-refractivity contribution in [1.82, 2.24) is 0 Å². The van der Waals surface area contributed by atoms with E-state index in [9.17, 15) is 4.79 Å². The van der Waals surface area contributed by atoms with Crippen molar-refractivity contribution in [2.75, 3.05) is 0 Å². The predicted molar refractivity (Wildman–Crippen MR) is 45.0 cm³/mol. The lowest BCUT2D eigenvalue weighted by Crippen LogP contribution is -2.00. The van der Waals surface area contributed by atoms with E-state index in [1.807, 2.05) is 0 Å². The zero-order chi connectivity index (χ0) is 8.32. The fourth-order valence-electron chi connectivity index (χ4n) is 1.53. The molecule has 0 saturated heterocycles. The molecule has 0 aromatic heterocycles. The first-order valence-electron chi connectivity index (χ1n) is 4.22. The van der Waals surface area contributed by atoms with Crippen molar-refractivity contribution >= 4 is 6.29 Å². The van der Waals surface area contributed by atoms with E-state index in [4.69, 9.17) is 6.42 Å². The maximum atomic E-state index is 10.4. The second kappa shape index (κ2) is 3.09. The maximum absolute atomic E-state index is 10.4. The molecule has 60 valence electrons. The zero-order valence-corrected chi connectivity index (χ0v) is 6.97. The topological polar surface area (TPSA) is 17.1 Å². The predicted octanol–water partition coefficient (Wildman–Crippen LogP) is 2.01. The summed E-state index contributed by atoms with van der Waals surface area (Å²) in [7, 11) is 0. The normalized spacial score (nSPS) is 34.4. The van der Waals surface area contributed by atoms with Crippen molar-refractivity contribution in [3.63, 3.8) is 0 Å². The Morgan fingerprint density at radius 2 is 2.55 bits per heavy atom. The SMILES string of the molecule is C#C[C@@]1(CCCC)C[C@@H]1C=O. The Bertz CT molecular complexity index is 190. The quantitative estimate of drug-likeness (QED) is 0.442. The molecule has 0 aromatic rings. The molecule has 1 nitrogen and oxygen atoms in total. The van der Waals surface area contributed by atoms with E-state index in [-0.39, 0.29) is 11.3 Å². The Morgan fingerprint density at radius 1 is 1.82 bits per heavy atom. The fraction of sp³-hybridized carbons (Fsp3) is 0.700. The molecule has 1 aliphatic carbocycles. The van der Waals surface area contributed by atoms with E-state index in [1.165, 1.54) is 0 Å². The van der Waals surface area contributed by atoms with Crippen LogP contribution in [-0.2, 0) is 4.79 Å². The lowest BCUT2D eigenvalue weighted by atomic mass is 9.98. The van der Waals surface area contributed by atoms with Gasteiger partial charge in [0.1, 0.15) is 6.29 Å². The number of hydrogen-bond acceptors (Lipinski definition) is 1. The van der Waals surface area contributed by atoms with E-state index in [0.29, 0.717) is 0 Å². The molecule has 1 aliphatic rings. The van der Waals surface area contributed by atoms with E-state index in [1.54, 1.807) is 0 Å². The first-order valence-corrected chi connectivity index (χ1v) is 4.22. The first kappa shape index (κ1) is 8.33. The molecule has 1 heteroatoms. The molecule has 0 aliphatic heterocycles. The van der Waals surface area contributed by atoms with Crippen LogP contribution in [0.25, 0.3) is 0 Å². The zero-order valence-electron chi connectivity index (χ0n) is 6.97. The van der Waals surface area contributed by atoms with Crippen molar-refractivity contribution in [2.45, 2.75) is 32.6 Å². The van der Waals surface area contributed by atoms with Gasteiger partial charge in [-0.1, -0.05) is 25.7 Å². The van der Waals surface area contributed by atoms with Crippen molar-refractivity contribution in [3.8, 4) is 12.3 Å². The van der Waals surface area contributed by atoms with Gasteiger partial charge in [0.25, 0.3) is 0 Å². The van der Waals surface area contributed by atoms with Crippen molar-refractivity contribution in [3.05, 3.63) is 0 Å². The van der Waals surface area contributed by atoms with Crippen LogP contribution >= 0.6 is 0 Å². The summed E-state index contributed by atoms with van der Waals surface area (Å²) in [6.07, 6.45) is 10.6. The molecule has 1 rings (SSSR count). The molecule has 0 heterocycles. The van der Waals surface area contributed by atoms with Crippen LogP contribution in [0.15, 0.2) is 0 Å². The number of carbonyl (C=O) groups excluding carboxylic acids is 1. The van der Waals surface area contributed by atoms with E-state index >= 15 is 0 Å². The second-order valence-electron chi connectivity index (χ2n) is 3.35. The number of carbonyl (C=O) groups is 1. The Morgan fingerprint density at radius 3 is 2.91 bits per heavy atom. The van der Waals surface area contributed by atoms with Gasteiger partial charge in [0, 0.05) is 11.3 Å². The summed E-state index contributed by atoms with van der Waals surface area (Å²) < 4.78 is 0. The van der Waals surface area contributed by atoms with Gasteiger partial charge in [-0.15, -0.1) is 6.42 Å². The molecule has 0 N–H and O–H groups in total. The molecule has 2 atom stereocenters. The standard InChI is InChI=1S/C10H14O/c1-3-5-6-10(4-2)7-9(10)8-11/h2,8-9H,3,5-7H2,1H3/t9-,10-/m1/s1. The number of hydrogen-bond donors (Lipinski definition) is 0. The summed E-state index contributed by atoms with van der Waals surface area (Å²) in [5.74, 6) is 2.92. The molecule has 1 saturated carbocycles. The third-order valence-corrected chi connectivity index (χ3v) is 2.56. The van der Waals surface area contributed by atoms with Crippen LogP contribution in [-0.4, -0.2) is 6.29 Å². The van der Waals surface area contributed by atoms with E-state index < -0.39 is 0 Å². The number of unbranched alkanes of at least 4 members (excludes halogenated alkanes) is 1. The van der Waals surface area contributed by atoms with Gasteiger partial charge in [-0.2, -0.15) is 0 Å². The Kier molecular flexibility index (Phi) is 2.34. The summed E-state index contributed by atoms with van der Waals surface area (Å²) >= 11 is 0.